The normalized spacial score (nSPS) is 10.7. The summed E-state index contributed by atoms with van der Waals surface area (Å²) in [5.41, 5.74) is 1.33. The van der Waals surface area contributed by atoms with Crippen LogP contribution in [0.25, 0.3) is 11.4 Å². The number of hydrogen-bond acceptors (Lipinski definition) is 5. The average molecular weight is 347 g/mol. The molecule has 0 aliphatic rings. The van der Waals surface area contributed by atoms with Gasteiger partial charge in [-0.05, 0) is 24.3 Å². The predicted octanol–water partition coefficient (Wildman–Crippen LogP) is 3.05. The highest BCUT2D eigenvalue weighted by atomic mass is 35.5. The van der Waals surface area contributed by atoms with E-state index in [-0.39, 0.29) is 11.4 Å². The largest absolute Gasteiger partial charge is 0.465 e. The summed E-state index contributed by atoms with van der Waals surface area (Å²) in [4.78, 5) is 12.3. The molecule has 0 aliphatic carbocycles. The van der Waals surface area contributed by atoms with Crippen LogP contribution in [0.15, 0.2) is 36.5 Å². The number of halogens is 1. The topological polar surface area (TPSA) is 71.2 Å². The van der Waals surface area contributed by atoms with Gasteiger partial charge in [0.05, 0.1) is 12.8 Å². The number of aryl methyl sites for hydroxylation is 2. The minimum atomic E-state index is -0.545. The Morgan fingerprint density at radius 2 is 2.00 bits per heavy atom. The third-order valence-electron chi connectivity index (χ3n) is 3.46. The molecule has 2 aromatic heterocycles. The van der Waals surface area contributed by atoms with Gasteiger partial charge in [-0.15, -0.1) is 0 Å². The minimum Gasteiger partial charge on any atom is -0.465 e. The number of benzene rings is 1. The Kier molecular flexibility index (Phi) is 4.26. The molecule has 1 aromatic carbocycles. The predicted molar refractivity (Wildman–Crippen MR) is 88.3 cm³/mol. The number of aromatic nitrogens is 4. The van der Waals surface area contributed by atoms with Crippen LogP contribution in [0, 0.1) is 0 Å². The number of esters is 1. The smallest absolute Gasteiger partial charge is 0.345 e. The lowest BCUT2D eigenvalue weighted by Gasteiger charge is -2.08. The van der Waals surface area contributed by atoms with Crippen LogP contribution in [0.5, 0.6) is 11.6 Å². The molecule has 0 aliphatic heterocycles. The van der Waals surface area contributed by atoms with Gasteiger partial charge in [0, 0.05) is 25.3 Å². The fourth-order valence-electron chi connectivity index (χ4n) is 2.34. The van der Waals surface area contributed by atoms with Crippen LogP contribution < -0.4 is 4.74 Å². The van der Waals surface area contributed by atoms with Gasteiger partial charge in [-0.1, -0.05) is 17.7 Å². The molecule has 0 spiro atoms. The SMILES string of the molecule is COC(=O)c1c(-c2ccnn2C)nn(C)c1Oc1cccc(Cl)c1. The van der Waals surface area contributed by atoms with Crippen LogP contribution in [-0.4, -0.2) is 32.6 Å². The molecule has 8 heteroatoms. The Bertz CT molecular complexity index is 901. The number of rotatable bonds is 4. The van der Waals surface area contributed by atoms with E-state index in [2.05, 4.69) is 10.2 Å². The third kappa shape index (κ3) is 2.85. The van der Waals surface area contributed by atoms with E-state index in [0.29, 0.717) is 22.2 Å². The van der Waals surface area contributed by atoms with E-state index in [9.17, 15) is 4.79 Å². The summed E-state index contributed by atoms with van der Waals surface area (Å²) in [7, 11) is 4.76. The van der Waals surface area contributed by atoms with Crippen LogP contribution in [0.2, 0.25) is 5.02 Å². The lowest BCUT2D eigenvalue weighted by atomic mass is 10.2. The average Bonchev–Trinajstić information content (AvgIpc) is 3.11. The van der Waals surface area contributed by atoms with Crippen molar-refractivity contribution in [3.8, 4) is 23.0 Å². The summed E-state index contributed by atoms with van der Waals surface area (Å²) >= 11 is 5.98. The molecule has 3 aromatic rings. The van der Waals surface area contributed by atoms with E-state index in [0.717, 1.165) is 0 Å². The first-order valence-corrected chi connectivity index (χ1v) is 7.46. The van der Waals surface area contributed by atoms with Gasteiger partial charge in [0.25, 0.3) is 0 Å². The van der Waals surface area contributed by atoms with Crippen molar-refractivity contribution < 1.29 is 14.3 Å². The van der Waals surface area contributed by atoms with E-state index < -0.39 is 5.97 Å². The zero-order chi connectivity index (χ0) is 17.3. The summed E-state index contributed by atoms with van der Waals surface area (Å²) in [5, 5.41) is 9.04. The van der Waals surface area contributed by atoms with Crippen molar-refractivity contribution in [2.45, 2.75) is 0 Å². The molecule has 24 heavy (non-hydrogen) atoms. The Balaban J connectivity index is 2.14. The quantitative estimate of drug-likeness (QED) is 0.679. The minimum absolute atomic E-state index is 0.226. The highest BCUT2D eigenvalue weighted by molar-refractivity contribution is 6.30. The van der Waals surface area contributed by atoms with Gasteiger partial charge >= 0.3 is 5.97 Å². The highest BCUT2D eigenvalue weighted by Gasteiger charge is 2.27. The zero-order valence-corrected chi connectivity index (χ0v) is 14.1. The number of methoxy groups -OCH3 is 1. The van der Waals surface area contributed by atoms with Gasteiger partial charge in [0.15, 0.2) is 5.56 Å². The zero-order valence-electron chi connectivity index (χ0n) is 13.4. The third-order valence-corrected chi connectivity index (χ3v) is 3.69. The summed E-state index contributed by atoms with van der Waals surface area (Å²) in [5.74, 6) is 0.212. The van der Waals surface area contributed by atoms with Gasteiger partial charge in [-0.2, -0.15) is 10.2 Å². The first-order valence-electron chi connectivity index (χ1n) is 7.08. The van der Waals surface area contributed by atoms with Crippen molar-refractivity contribution >= 4 is 17.6 Å². The maximum atomic E-state index is 12.3. The summed E-state index contributed by atoms with van der Waals surface area (Å²) in [6.07, 6.45) is 1.63. The summed E-state index contributed by atoms with van der Waals surface area (Å²) < 4.78 is 13.9. The highest BCUT2D eigenvalue weighted by Crippen LogP contribution is 2.33. The Morgan fingerprint density at radius 1 is 1.21 bits per heavy atom. The number of nitrogens with zero attached hydrogens (tertiary/aromatic N) is 4. The first kappa shape index (κ1) is 16.1. The molecule has 124 valence electrons. The van der Waals surface area contributed by atoms with Crippen LogP contribution in [0.1, 0.15) is 10.4 Å². The van der Waals surface area contributed by atoms with Crippen molar-refractivity contribution in [2.75, 3.05) is 7.11 Å². The summed E-state index contributed by atoms with van der Waals surface area (Å²) in [6, 6.07) is 8.65. The van der Waals surface area contributed by atoms with E-state index in [1.165, 1.54) is 11.8 Å². The molecule has 0 saturated heterocycles. The fraction of sp³-hybridized carbons (Fsp3) is 0.188. The Labute approximate surface area is 143 Å². The first-order chi connectivity index (χ1) is 11.5. The molecule has 0 radical (unpaired) electrons. The van der Waals surface area contributed by atoms with Gasteiger partial charge < -0.3 is 9.47 Å². The standard InChI is InChI=1S/C16H15ClN4O3/c1-20-12(7-8-18-20)14-13(16(22)23-3)15(21(2)19-14)24-11-6-4-5-10(17)9-11/h4-9H,1-3H3. The van der Waals surface area contributed by atoms with E-state index in [1.54, 1.807) is 55.3 Å². The molecular weight excluding hydrogens is 332 g/mol. The van der Waals surface area contributed by atoms with Crippen molar-refractivity contribution in [2.24, 2.45) is 14.1 Å². The Morgan fingerprint density at radius 3 is 2.62 bits per heavy atom. The van der Waals surface area contributed by atoms with Crippen LogP contribution >= 0.6 is 11.6 Å². The number of hydrogen-bond donors (Lipinski definition) is 0. The van der Waals surface area contributed by atoms with Crippen LogP contribution in [-0.2, 0) is 18.8 Å². The second-order valence-electron chi connectivity index (χ2n) is 5.04. The maximum Gasteiger partial charge on any atom is 0.345 e. The van der Waals surface area contributed by atoms with Crippen molar-refractivity contribution in [3.05, 3.63) is 47.1 Å². The second-order valence-corrected chi connectivity index (χ2v) is 5.48. The van der Waals surface area contributed by atoms with Crippen LogP contribution in [0.3, 0.4) is 0 Å². The molecule has 0 saturated carbocycles. The fourth-order valence-corrected chi connectivity index (χ4v) is 2.52. The monoisotopic (exact) mass is 346 g/mol. The molecule has 0 amide bonds. The van der Waals surface area contributed by atoms with Crippen molar-refractivity contribution in [3.63, 3.8) is 0 Å². The van der Waals surface area contributed by atoms with E-state index in [1.807, 2.05) is 0 Å². The van der Waals surface area contributed by atoms with E-state index >= 15 is 0 Å². The molecule has 0 unspecified atom stereocenters. The molecule has 0 fully saturated rings. The van der Waals surface area contributed by atoms with Gasteiger partial charge in [-0.3, -0.25) is 4.68 Å². The Hall–Kier alpha value is -2.80. The molecule has 3 rings (SSSR count). The van der Waals surface area contributed by atoms with E-state index in [4.69, 9.17) is 21.1 Å². The molecule has 0 atom stereocenters. The van der Waals surface area contributed by atoms with Crippen molar-refractivity contribution in [1.29, 1.82) is 0 Å². The lowest BCUT2D eigenvalue weighted by molar-refractivity contribution is 0.0598. The van der Waals surface area contributed by atoms with Gasteiger partial charge in [0.1, 0.15) is 11.4 Å². The molecule has 7 nitrogen and oxygen atoms in total. The molecule has 0 bridgehead atoms. The van der Waals surface area contributed by atoms with Crippen molar-refractivity contribution in [1.82, 2.24) is 19.6 Å². The van der Waals surface area contributed by atoms with Gasteiger partial charge in [-0.25, -0.2) is 9.48 Å². The molecule has 2 heterocycles. The maximum absolute atomic E-state index is 12.3. The molecular formula is C16H15ClN4O3. The lowest BCUT2D eigenvalue weighted by Crippen LogP contribution is -2.06. The van der Waals surface area contributed by atoms with Crippen LogP contribution in [0.4, 0.5) is 0 Å². The number of ether oxygens (including phenoxy) is 2. The molecule has 0 N–H and O–H groups in total. The number of carbonyl (C=O) groups is 1. The van der Waals surface area contributed by atoms with Gasteiger partial charge in [0.2, 0.25) is 5.88 Å². The number of carbonyl (C=O) groups excluding carboxylic acids is 1. The summed E-state index contributed by atoms with van der Waals surface area (Å²) in [6.45, 7) is 0. The second kappa shape index (κ2) is 6.37.